The Labute approximate surface area is 87.3 Å². The lowest BCUT2D eigenvalue weighted by Gasteiger charge is -2.09. The largest absolute Gasteiger partial charge is 0.395 e. The predicted molar refractivity (Wildman–Crippen MR) is 58.8 cm³/mol. The first-order valence-corrected chi connectivity index (χ1v) is 5.56. The molecule has 0 fully saturated rings. The molecule has 0 unspecified atom stereocenters. The van der Waals surface area contributed by atoms with Gasteiger partial charge in [0.05, 0.1) is 6.61 Å². The molecular formula is C9H12ClNOS. The van der Waals surface area contributed by atoms with E-state index in [-0.39, 0.29) is 6.61 Å². The minimum Gasteiger partial charge on any atom is -0.395 e. The number of aliphatic hydroxyl groups excluding tert-OH is 1. The first-order valence-electron chi connectivity index (χ1n) is 3.96. The van der Waals surface area contributed by atoms with Crippen molar-refractivity contribution in [2.45, 2.75) is 4.90 Å². The lowest BCUT2D eigenvalue weighted by atomic mass is 10.3. The highest BCUT2D eigenvalue weighted by Gasteiger charge is 2.00. The van der Waals surface area contributed by atoms with Crippen LogP contribution in [-0.4, -0.2) is 24.5 Å². The maximum atomic E-state index is 8.66. The predicted octanol–water partition coefficient (Wildman–Crippen LogP) is 2.47. The summed E-state index contributed by atoms with van der Waals surface area (Å²) in [5, 5.41) is 12.5. The number of benzene rings is 1. The number of aliphatic hydroxyl groups is 1. The lowest BCUT2D eigenvalue weighted by Crippen LogP contribution is -2.06. The van der Waals surface area contributed by atoms with Crippen molar-refractivity contribution in [3.63, 3.8) is 0 Å². The molecule has 1 rings (SSSR count). The van der Waals surface area contributed by atoms with Gasteiger partial charge in [-0.25, -0.2) is 0 Å². The maximum absolute atomic E-state index is 8.66. The Morgan fingerprint density at radius 3 is 2.92 bits per heavy atom. The van der Waals surface area contributed by atoms with Crippen molar-refractivity contribution in [2.24, 2.45) is 0 Å². The molecule has 0 bridgehead atoms. The fourth-order valence-corrected chi connectivity index (χ4v) is 1.74. The monoisotopic (exact) mass is 217 g/mol. The number of thioether (sulfide) groups is 1. The number of hydrogen-bond donors (Lipinski definition) is 2. The van der Waals surface area contributed by atoms with Gasteiger partial charge in [0, 0.05) is 22.2 Å². The molecule has 1 aromatic carbocycles. The van der Waals surface area contributed by atoms with Gasteiger partial charge < -0.3 is 10.4 Å². The van der Waals surface area contributed by atoms with Crippen LogP contribution in [0.15, 0.2) is 23.1 Å². The fraction of sp³-hybridized carbons (Fsp3) is 0.333. The molecule has 0 aliphatic carbocycles. The Balaban J connectivity index is 2.81. The second-order valence-electron chi connectivity index (χ2n) is 2.49. The van der Waals surface area contributed by atoms with Crippen molar-refractivity contribution in [3.8, 4) is 0 Å². The van der Waals surface area contributed by atoms with E-state index in [1.54, 1.807) is 11.8 Å². The molecule has 0 radical (unpaired) electrons. The number of hydrogen-bond acceptors (Lipinski definition) is 3. The summed E-state index contributed by atoms with van der Waals surface area (Å²) in [7, 11) is 0. The number of rotatable bonds is 4. The Morgan fingerprint density at radius 1 is 1.54 bits per heavy atom. The quantitative estimate of drug-likeness (QED) is 0.761. The molecule has 4 heteroatoms. The van der Waals surface area contributed by atoms with Crippen molar-refractivity contribution < 1.29 is 5.11 Å². The van der Waals surface area contributed by atoms with Gasteiger partial charge in [-0.2, -0.15) is 0 Å². The molecule has 1 aromatic rings. The molecule has 0 aliphatic rings. The zero-order valence-corrected chi connectivity index (χ0v) is 8.95. The Kier molecular flexibility index (Phi) is 4.42. The van der Waals surface area contributed by atoms with Crippen LogP contribution >= 0.6 is 23.4 Å². The third kappa shape index (κ3) is 3.10. The van der Waals surface area contributed by atoms with E-state index >= 15 is 0 Å². The van der Waals surface area contributed by atoms with Crippen molar-refractivity contribution >= 4 is 29.1 Å². The van der Waals surface area contributed by atoms with Crippen LogP contribution in [0.1, 0.15) is 0 Å². The molecule has 13 heavy (non-hydrogen) atoms. The van der Waals surface area contributed by atoms with Gasteiger partial charge >= 0.3 is 0 Å². The summed E-state index contributed by atoms with van der Waals surface area (Å²) in [5.41, 5.74) is 0.981. The Hall–Kier alpha value is -0.380. The third-order valence-electron chi connectivity index (χ3n) is 1.59. The van der Waals surface area contributed by atoms with Gasteiger partial charge in [0.2, 0.25) is 0 Å². The maximum Gasteiger partial charge on any atom is 0.0604 e. The summed E-state index contributed by atoms with van der Waals surface area (Å²) in [6.45, 7) is 0.675. The van der Waals surface area contributed by atoms with Crippen LogP contribution in [0.25, 0.3) is 0 Å². The van der Waals surface area contributed by atoms with E-state index in [2.05, 4.69) is 5.32 Å². The number of halogens is 1. The standard InChI is InChI=1S/C9H12ClNOS/c1-13-9-3-2-7(10)6-8(9)11-4-5-12/h2-3,6,11-12H,4-5H2,1H3. The average molecular weight is 218 g/mol. The van der Waals surface area contributed by atoms with Crippen LogP contribution in [0.4, 0.5) is 5.69 Å². The molecule has 0 spiro atoms. The number of nitrogens with one attached hydrogen (secondary N) is 1. The average Bonchev–Trinajstić information content (AvgIpc) is 2.15. The zero-order chi connectivity index (χ0) is 9.68. The van der Waals surface area contributed by atoms with E-state index in [4.69, 9.17) is 16.7 Å². The van der Waals surface area contributed by atoms with E-state index in [1.807, 2.05) is 24.5 Å². The molecule has 0 aliphatic heterocycles. The molecule has 0 saturated heterocycles. The van der Waals surface area contributed by atoms with Gasteiger partial charge in [-0.15, -0.1) is 11.8 Å². The summed E-state index contributed by atoms with van der Waals surface area (Å²) in [5.74, 6) is 0. The Morgan fingerprint density at radius 2 is 2.31 bits per heavy atom. The van der Waals surface area contributed by atoms with E-state index in [0.717, 1.165) is 10.6 Å². The highest BCUT2D eigenvalue weighted by Crippen LogP contribution is 2.27. The van der Waals surface area contributed by atoms with E-state index < -0.39 is 0 Å². The van der Waals surface area contributed by atoms with Crippen LogP contribution in [0.2, 0.25) is 5.02 Å². The molecule has 2 nitrogen and oxygen atoms in total. The molecule has 0 saturated carbocycles. The highest BCUT2D eigenvalue weighted by molar-refractivity contribution is 7.98. The summed E-state index contributed by atoms with van der Waals surface area (Å²) < 4.78 is 0. The third-order valence-corrected chi connectivity index (χ3v) is 2.62. The van der Waals surface area contributed by atoms with Crippen LogP contribution in [-0.2, 0) is 0 Å². The van der Waals surface area contributed by atoms with Crippen LogP contribution in [0.5, 0.6) is 0 Å². The second kappa shape index (κ2) is 5.37. The van der Waals surface area contributed by atoms with E-state index in [0.29, 0.717) is 11.6 Å². The van der Waals surface area contributed by atoms with E-state index in [1.165, 1.54) is 0 Å². The van der Waals surface area contributed by atoms with E-state index in [9.17, 15) is 0 Å². The molecular weight excluding hydrogens is 206 g/mol. The second-order valence-corrected chi connectivity index (χ2v) is 3.78. The van der Waals surface area contributed by atoms with Crippen LogP contribution < -0.4 is 5.32 Å². The molecule has 2 N–H and O–H groups in total. The summed E-state index contributed by atoms with van der Waals surface area (Å²) >= 11 is 7.49. The summed E-state index contributed by atoms with van der Waals surface area (Å²) in [6, 6.07) is 5.69. The lowest BCUT2D eigenvalue weighted by molar-refractivity contribution is 0.311. The summed E-state index contributed by atoms with van der Waals surface area (Å²) in [4.78, 5) is 1.14. The molecule has 0 heterocycles. The first kappa shape index (κ1) is 10.7. The van der Waals surface area contributed by atoms with Gasteiger partial charge in [0.1, 0.15) is 0 Å². The fourth-order valence-electron chi connectivity index (χ4n) is 1.01. The molecule has 0 aromatic heterocycles. The van der Waals surface area contributed by atoms with Gasteiger partial charge in [0.25, 0.3) is 0 Å². The minimum absolute atomic E-state index is 0.125. The number of anilines is 1. The topological polar surface area (TPSA) is 32.3 Å². The van der Waals surface area contributed by atoms with Gasteiger partial charge in [-0.05, 0) is 24.5 Å². The van der Waals surface area contributed by atoms with Gasteiger partial charge in [-0.1, -0.05) is 11.6 Å². The van der Waals surface area contributed by atoms with Crippen molar-refractivity contribution in [1.29, 1.82) is 0 Å². The molecule has 0 atom stereocenters. The first-order chi connectivity index (χ1) is 6.27. The van der Waals surface area contributed by atoms with Crippen LogP contribution in [0.3, 0.4) is 0 Å². The SMILES string of the molecule is CSc1ccc(Cl)cc1NCCO. The van der Waals surface area contributed by atoms with Crippen molar-refractivity contribution in [1.82, 2.24) is 0 Å². The smallest absolute Gasteiger partial charge is 0.0604 e. The molecule has 0 amide bonds. The van der Waals surface area contributed by atoms with Gasteiger partial charge in [0.15, 0.2) is 0 Å². The summed E-state index contributed by atoms with van der Waals surface area (Å²) in [6.07, 6.45) is 2.01. The highest BCUT2D eigenvalue weighted by atomic mass is 35.5. The molecule has 72 valence electrons. The van der Waals surface area contributed by atoms with Crippen molar-refractivity contribution in [2.75, 3.05) is 24.7 Å². The van der Waals surface area contributed by atoms with Crippen molar-refractivity contribution in [3.05, 3.63) is 23.2 Å². The minimum atomic E-state index is 0.125. The zero-order valence-electron chi connectivity index (χ0n) is 7.38. The normalized spacial score (nSPS) is 10.1. The van der Waals surface area contributed by atoms with Gasteiger partial charge in [-0.3, -0.25) is 0 Å². The van der Waals surface area contributed by atoms with Crippen LogP contribution in [0, 0.1) is 0 Å². The Bertz CT molecular complexity index is 280.